The maximum Gasteiger partial charge on any atom is 0.419 e. The van der Waals surface area contributed by atoms with Crippen molar-refractivity contribution in [2.24, 2.45) is 0 Å². The van der Waals surface area contributed by atoms with Gasteiger partial charge in [-0.2, -0.15) is 13.2 Å². The highest BCUT2D eigenvalue weighted by molar-refractivity contribution is 6.32. The highest BCUT2D eigenvalue weighted by Crippen LogP contribution is 2.34. The highest BCUT2D eigenvalue weighted by Gasteiger charge is 2.34. The number of aromatic nitrogens is 1. The van der Waals surface area contributed by atoms with Crippen molar-refractivity contribution >= 4 is 23.2 Å². The third-order valence-corrected chi connectivity index (χ3v) is 4.13. The predicted octanol–water partition coefficient (Wildman–Crippen LogP) is 5.59. The van der Waals surface area contributed by atoms with E-state index in [1.54, 1.807) is 36.4 Å². The first kappa shape index (κ1) is 19.7. The number of hydrogen-bond donors (Lipinski definition) is 1. The van der Waals surface area contributed by atoms with Crippen LogP contribution in [0.1, 0.15) is 21.5 Å². The molecule has 0 aliphatic heterocycles. The molecule has 2 aromatic carbocycles. The Labute approximate surface area is 163 Å². The molecule has 1 N–H and O–H groups in total. The van der Waals surface area contributed by atoms with Crippen molar-refractivity contribution in [3.05, 3.63) is 88.7 Å². The molecule has 1 heterocycles. The van der Waals surface area contributed by atoms with Crippen LogP contribution in [0.15, 0.2) is 67.0 Å². The molecule has 0 atom stereocenters. The number of para-hydroxylation sites is 1. The van der Waals surface area contributed by atoms with Crippen LogP contribution in [0, 0.1) is 0 Å². The number of halogens is 4. The lowest BCUT2D eigenvalue weighted by molar-refractivity contribution is -0.137. The van der Waals surface area contributed by atoms with Gasteiger partial charge in [0.05, 0.1) is 16.3 Å². The van der Waals surface area contributed by atoms with Crippen molar-refractivity contribution in [2.75, 3.05) is 5.32 Å². The molecule has 0 saturated heterocycles. The second-order valence-corrected chi connectivity index (χ2v) is 6.20. The first-order valence-electron chi connectivity index (χ1n) is 8.13. The second kappa shape index (κ2) is 8.31. The van der Waals surface area contributed by atoms with E-state index < -0.39 is 17.6 Å². The van der Waals surface area contributed by atoms with E-state index in [1.807, 2.05) is 0 Å². The van der Waals surface area contributed by atoms with Crippen LogP contribution in [0.3, 0.4) is 0 Å². The predicted molar refractivity (Wildman–Crippen MR) is 99.4 cm³/mol. The largest absolute Gasteiger partial charge is 0.487 e. The Morgan fingerprint density at radius 3 is 2.46 bits per heavy atom. The molecule has 0 bridgehead atoms. The molecule has 0 aliphatic rings. The fourth-order valence-electron chi connectivity index (χ4n) is 2.40. The Kier molecular flexibility index (Phi) is 5.84. The van der Waals surface area contributed by atoms with Gasteiger partial charge < -0.3 is 10.1 Å². The number of hydrogen-bond acceptors (Lipinski definition) is 3. The average Bonchev–Trinajstić information content (AvgIpc) is 2.67. The van der Waals surface area contributed by atoms with Crippen molar-refractivity contribution in [3.8, 4) is 5.75 Å². The summed E-state index contributed by atoms with van der Waals surface area (Å²) in [4.78, 5) is 15.7. The maximum absolute atomic E-state index is 13.0. The normalized spacial score (nSPS) is 11.1. The van der Waals surface area contributed by atoms with E-state index >= 15 is 0 Å². The number of nitrogens with zero attached hydrogens (tertiary/aromatic N) is 1. The standard InChI is InChI=1S/C20H14ClF3N2O2/c21-16-3-1-2-4-18(16)28-12-13-5-7-14(8-6-13)19(27)26-17-9-10-25-11-15(17)20(22,23)24/h1-11H,12H2,(H,25,26,27). The first-order chi connectivity index (χ1) is 13.3. The first-order valence-corrected chi connectivity index (χ1v) is 8.51. The highest BCUT2D eigenvalue weighted by atomic mass is 35.5. The number of pyridine rings is 1. The van der Waals surface area contributed by atoms with Gasteiger partial charge in [-0.05, 0) is 35.9 Å². The van der Waals surface area contributed by atoms with Gasteiger partial charge in [0, 0.05) is 18.0 Å². The number of amides is 1. The minimum Gasteiger partial charge on any atom is -0.487 e. The van der Waals surface area contributed by atoms with Crippen LogP contribution in [0.5, 0.6) is 5.75 Å². The number of carbonyl (C=O) groups excluding carboxylic acids is 1. The summed E-state index contributed by atoms with van der Waals surface area (Å²) in [6.45, 7) is 0.230. The van der Waals surface area contributed by atoms with E-state index in [0.717, 1.165) is 11.6 Å². The van der Waals surface area contributed by atoms with Crippen molar-refractivity contribution in [3.63, 3.8) is 0 Å². The van der Waals surface area contributed by atoms with Crippen LogP contribution in [-0.4, -0.2) is 10.9 Å². The Bertz CT molecular complexity index is 976. The summed E-state index contributed by atoms with van der Waals surface area (Å²) in [6, 6.07) is 14.5. The summed E-state index contributed by atoms with van der Waals surface area (Å²) in [5.41, 5.74) is -0.366. The third kappa shape index (κ3) is 4.80. The molecule has 1 amide bonds. The van der Waals surface area contributed by atoms with Gasteiger partial charge in [-0.1, -0.05) is 35.9 Å². The van der Waals surface area contributed by atoms with Gasteiger partial charge in [-0.15, -0.1) is 0 Å². The molecule has 0 unspecified atom stereocenters. The summed E-state index contributed by atoms with van der Waals surface area (Å²) in [6.07, 6.45) is -2.76. The van der Waals surface area contributed by atoms with Gasteiger partial charge in [0.1, 0.15) is 12.4 Å². The van der Waals surface area contributed by atoms with E-state index in [4.69, 9.17) is 16.3 Å². The van der Waals surface area contributed by atoms with Gasteiger partial charge in [-0.25, -0.2) is 0 Å². The zero-order valence-corrected chi connectivity index (χ0v) is 15.1. The molecule has 1 aromatic heterocycles. The van der Waals surface area contributed by atoms with Gasteiger partial charge >= 0.3 is 6.18 Å². The van der Waals surface area contributed by atoms with Crippen molar-refractivity contribution in [1.82, 2.24) is 4.98 Å². The lowest BCUT2D eigenvalue weighted by Crippen LogP contribution is -2.17. The number of benzene rings is 2. The van der Waals surface area contributed by atoms with E-state index in [2.05, 4.69) is 10.3 Å². The van der Waals surface area contributed by atoms with Crippen molar-refractivity contribution in [2.45, 2.75) is 12.8 Å². The van der Waals surface area contributed by atoms with Crippen molar-refractivity contribution < 1.29 is 22.7 Å². The quantitative estimate of drug-likeness (QED) is 0.601. The number of rotatable bonds is 5. The summed E-state index contributed by atoms with van der Waals surface area (Å²) >= 11 is 6.02. The summed E-state index contributed by atoms with van der Waals surface area (Å²) in [7, 11) is 0. The average molecular weight is 407 g/mol. The lowest BCUT2D eigenvalue weighted by atomic mass is 10.1. The number of carbonyl (C=O) groups is 1. The molecule has 0 saturated carbocycles. The monoisotopic (exact) mass is 406 g/mol. The maximum atomic E-state index is 13.0. The topological polar surface area (TPSA) is 51.2 Å². The van der Waals surface area contributed by atoms with Crippen LogP contribution >= 0.6 is 11.6 Å². The molecule has 0 radical (unpaired) electrons. The third-order valence-electron chi connectivity index (χ3n) is 3.82. The zero-order valence-electron chi connectivity index (χ0n) is 14.3. The Morgan fingerprint density at radius 1 is 1.07 bits per heavy atom. The number of nitrogens with one attached hydrogen (secondary N) is 1. The molecule has 8 heteroatoms. The second-order valence-electron chi connectivity index (χ2n) is 5.79. The SMILES string of the molecule is O=C(Nc1ccncc1C(F)(F)F)c1ccc(COc2ccccc2Cl)cc1. The Morgan fingerprint density at radius 2 is 1.79 bits per heavy atom. The van der Waals surface area contributed by atoms with E-state index in [1.165, 1.54) is 18.3 Å². The van der Waals surface area contributed by atoms with Crippen molar-refractivity contribution in [1.29, 1.82) is 0 Å². The summed E-state index contributed by atoms with van der Waals surface area (Å²) < 4.78 is 44.6. The fraction of sp³-hybridized carbons (Fsp3) is 0.100. The fourth-order valence-corrected chi connectivity index (χ4v) is 2.59. The molecule has 144 valence electrons. The van der Waals surface area contributed by atoms with Gasteiger partial charge in [0.2, 0.25) is 0 Å². The van der Waals surface area contributed by atoms with E-state index in [0.29, 0.717) is 17.0 Å². The number of alkyl halides is 3. The minimum absolute atomic E-state index is 0.214. The lowest BCUT2D eigenvalue weighted by Gasteiger charge is -2.13. The van der Waals surface area contributed by atoms with Gasteiger partial charge in [0.15, 0.2) is 0 Å². The van der Waals surface area contributed by atoms with Gasteiger partial charge in [-0.3, -0.25) is 9.78 Å². The molecular weight excluding hydrogens is 393 g/mol. The zero-order chi connectivity index (χ0) is 20.1. The molecule has 0 spiro atoms. The van der Waals surface area contributed by atoms with Crippen LogP contribution in [0.25, 0.3) is 0 Å². The molecule has 28 heavy (non-hydrogen) atoms. The molecule has 0 fully saturated rings. The minimum atomic E-state index is -4.61. The summed E-state index contributed by atoms with van der Waals surface area (Å²) in [5.74, 6) is -0.126. The van der Waals surface area contributed by atoms with Crippen LogP contribution < -0.4 is 10.1 Å². The number of anilines is 1. The Balaban J connectivity index is 1.67. The summed E-state index contributed by atoms with van der Waals surface area (Å²) in [5, 5.41) is 2.75. The van der Waals surface area contributed by atoms with Gasteiger partial charge in [0.25, 0.3) is 5.91 Å². The molecule has 0 aliphatic carbocycles. The van der Waals surface area contributed by atoms with E-state index in [-0.39, 0.29) is 17.9 Å². The molecule has 3 rings (SSSR count). The number of ether oxygens (including phenoxy) is 1. The van der Waals surface area contributed by atoms with Crippen LogP contribution in [-0.2, 0) is 12.8 Å². The Hall–Kier alpha value is -3.06. The molecular formula is C20H14ClF3N2O2. The molecule has 4 nitrogen and oxygen atoms in total. The van der Waals surface area contributed by atoms with E-state index in [9.17, 15) is 18.0 Å². The molecule has 3 aromatic rings. The van der Waals surface area contributed by atoms with Crippen LogP contribution in [0.4, 0.5) is 18.9 Å². The smallest absolute Gasteiger partial charge is 0.419 e. The van der Waals surface area contributed by atoms with Crippen LogP contribution in [0.2, 0.25) is 5.02 Å².